The summed E-state index contributed by atoms with van der Waals surface area (Å²) in [5.41, 5.74) is 1.58. The molecular weight excluding hydrogens is 379 g/mol. The van der Waals surface area contributed by atoms with Crippen molar-refractivity contribution >= 4 is 17.8 Å². The van der Waals surface area contributed by atoms with Gasteiger partial charge in [0.1, 0.15) is 23.7 Å². The summed E-state index contributed by atoms with van der Waals surface area (Å²) in [5.74, 6) is -0.503. The van der Waals surface area contributed by atoms with Crippen molar-refractivity contribution in [3.8, 4) is 5.75 Å². The Hall–Kier alpha value is -2.68. The van der Waals surface area contributed by atoms with Gasteiger partial charge in [0.25, 0.3) is 5.91 Å². The fraction of sp³-hybridized carbons (Fsp3) is 0.550. The molecule has 2 N–H and O–H groups in total. The van der Waals surface area contributed by atoms with Crippen molar-refractivity contribution in [2.24, 2.45) is 0 Å². The maximum absolute atomic E-state index is 12.9. The standard InChI is InChI=1S/C20H27FN4O4/c1-24(13-14-29-16-7-5-15(21)6-8-16)12-9-17(26)23-25-18(27)20(22-19(25)28)10-3-2-4-11-20/h5-8H,2-4,9-14H2,1H3,(H,22,28)(H,23,26). The van der Waals surface area contributed by atoms with E-state index < -0.39 is 17.5 Å². The SMILES string of the molecule is CN(CCOc1ccc(F)cc1)CCC(=O)NN1C(=O)NC2(CCCCC2)C1=O. The number of halogens is 1. The summed E-state index contributed by atoms with van der Waals surface area (Å²) < 4.78 is 18.4. The van der Waals surface area contributed by atoms with Crippen molar-refractivity contribution < 1.29 is 23.5 Å². The van der Waals surface area contributed by atoms with E-state index in [1.54, 1.807) is 12.1 Å². The van der Waals surface area contributed by atoms with Crippen LogP contribution in [0, 0.1) is 5.82 Å². The molecule has 1 saturated carbocycles. The number of carbonyl (C=O) groups excluding carboxylic acids is 3. The number of rotatable bonds is 8. The van der Waals surface area contributed by atoms with E-state index in [0.717, 1.165) is 24.3 Å². The van der Waals surface area contributed by atoms with E-state index in [1.165, 1.54) is 12.1 Å². The average Bonchev–Trinajstić information content (AvgIpc) is 2.92. The lowest BCUT2D eigenvalue weighted by Gasteiger charge is -2.30. The van der Waals surface area contributed by atoms with Crippen LogP contribution in [0.2, 0.25) is 0 Å². The molecule has 0 atom stereocenters. The maximum Gasteiger partial charge on any atom is 0.344 e. The summed E-state index contributed by atoms with van der Waals surface area (Å²) in [6.07, 6.45) is 4.18. The Bertz CT molecular complexity index is 749. The molecule has 3 rings (SSSR count). The Morgan fingerprint density at radius 1 is 1.21 bits per heavy atom. The van der Waals surface area contributed by atoms with Gasteiger partial charge in [0.2, 0.25) is 5.91 Å². The van der Waals surface area contributed by atoms with Gasteiger partial charge < -0.3 is 15.0 Å². The topological polar surface area (TPSA) is 91.0 Å². The molecule has 1 heterocycles. The number of imide groups is 1. The number of likely N-dealkylation sites (N-methyl/N-ethyl adjacent to an activating group) is 1. The van der Waals surface area contributed by atoms with Crippen LogP contribution in [0.1, 0.15) is 38.5 Å². The molecule has 9 heteroatoms. The second-order valence-corrected chi connectivity index (χ2v) is 7.60. The second kappa shape index (κ2) is 9.21. The zero-order valence-corrected chi connectivity index (χ0v) is 16.6. The third-order valence-electron chi connectivity index (χ3n) is 5.38. The predicted octanol–water partition coefficient (Wildman–Crippen LogP) is 1.81. The molecule has 4 amide bonds. The Balaban J connectivity index is 1.38. The zero-order valence-electron chi connectivity index (χ0n) is 16.6. The fourth-order valence-corrected chi connectivity index (χ4v) is 3.65. The predicted molar refractivity (Wildman–Crippen MR) is 103 cm³/mol. The van der Waals surface area contributed by atoms with Crippen molar-refractivity contribution in [3.05, 3.63) is 30.1 Å². The molecule has 0 radical (unpaired) electrons. The highest BCUT2D eigenvalue weighted by atomic mass is 19.1. The molecule has 1 aromatic carbocycles. The van der Waals surface area contributed by atoms with Gasteiger partial charge in [0.15, 0.2) is 0 Å². The van der Waals surface area contributed by atoms with Crippen LogP contribution in [0.5, 0.6) is 5.75 Å². The van der Waals surface area contributed by atoms with Crippen molar-refractivity contribution in [1.29, 1.82) is 0 Å². The number of hydrogen-bond donors (Lipinski definition) is 2. The highest BCUT2D eigenvalue weighted by Gasteiger charge is 2.52. The van der Waals surface area contributed by atoms with Crippen molar-refractivity contribution in [2.75, 3.05) is 26.7 Å². The van der Waals surface area contributed by atoms with Gasteiger partial charge >= 0.3 is 6.03 Å². The lowest BCUT2D eigenvalue weighted by atomic mass is 9.82. The number of amides is 4. The number of hydrazine groups is 1. The largest absolute Gasteiger partial charge is 0.492 e. The van der Waals surface area contributed by atoms with Gasteiger partial charge in [0, 0.05) is 19.5 Å². The van der Waals surface area contributed by atoms with E-state index in [0.29, 0.717) is 38.3 Å². The fourth-order valence-electron chi connectivity index (χ4n) is 3.65. The average molecular weight is 406 g/mol. The molecule has 2 fully saturated rings. The van der Waals surface area contributed by atoms with Gasteiger partial charge in [-0.05, 0) is 44.2 Å². The molecule has 158 valence electrons. The molecule has 1 aromatic rings. The van der Waals surface area contributed by atoms with Gasteiger partial charge in [-0.2, -0.15) is 5.01 Å². The number of nitrogens with zero attached hydrogens (tertiary/aromatic N) is 2. The monoisotopic (exact) mass is 406 g/mol. The highest BCUT2D eigenvalue weighted by molar-refractivity contribution is 6.08. The van der Waals surface area contributed by atoms with Crippen molar-refractivity contribution in [2.45, 2.75) is 44.1 Å². The maximum atomic E-state index is 12.9. The van der Waals surface area contributed by atoms with Gasteiger partial charge in [-0.25, -0.2) is 9.18 Å². The van der Waals surface area contributed by atoms with E-state index in [1.807, 2.05) is 11.9 Å². The summed E-state index contributed by atoms with van der Waals surface area (Å²) >= 11 is 0. The van der Waals surface area contributed by atoms with Gasteiger partial charge in [0.05, 0.1) is 0 Å². The number of hydrogen-bond acceptors (Lipinski definition) is 5. The zero-order chi connectivity index (χ0) is 20.9. The third-order valence-corrected chi connectivity index (χ3v) is 5.38. The van der Waals surface area contributed by atoms with Crippen LogP contribution in [0.3, 0.4) is 0 Å². The number of benzene rings is 1. The normalized spacial score (nSPS) is 18.2. The van der Waals surface area contributed by atoms with Gasteiger partial charge in [-0.15, -0.1) is 0 Å². The van der Waals surface area contributed by atoms with E-state index in [9.17, 15) is 18.8 Å². The molecule has 29 heavy (non-hydrogen) atoms. The molecule has 1 aliphatic heterocycles. The minimum atomic E-state index is -0.850. The Morgan fingerprint density at radius 2 is 1.90 bits per heavy atom. The molecular formula is C20H27FN4O4. The number of urea groups is 1. The minimum absolute atomic E-state index is 0.136. The van der Waals surface area contributed by atoms with E-state index in [2.05, 4.69) is 10.7 Å². The molecule has 8 nitrogen and oxygen atoms in total. The number of ether oxygens (including phenoxy) is 1. The summed E-state index contributed by atoms with van der Waals surface area (Å²) in [7, 11) is 1.84. The lowest BCUT2D eigenvalue weighted by molar-refractivity contribution is -0.140. The van der Waals surface area contributed by atoms with E-state index in [4.69, 9.17) is 4.74 Å². The van der Waals surface area contributed by atoms with Crippen LogP contribution in [0.15, 0.2) is 24.3 Å². The molecule has 2 aliphatic rings. The van der Waals surface area contributed by atoms with Crippen LogP contribution in [0.4, 0.5) is 9.18 Å². The summed E-state index contributed by atoms with van der Waals surface area (Å²) in [6, 6.07) is 5.21. The number of carbonyl (C=O) groups is 3. The Morgan fingerprint density at radius 3 is 2.59 bits per heavy atom. The Labute approximate surface area is 169 Å². The van der Waals surface area contributed by atoms with Crippen LogP contribution >= 0.6 is 0 Å². The second-order valence-electron chi connectivity index (χ2n) is 7.60. The van der Waals surface area contributed by atoms with Crippen LogP contribution < -0.4 is 15.5 Å². The number of nitrogens with one attached hydrogen (secondary N) is 2. The lowest BCUT2D eigenvalue weighted by Crippen LogP contribution is -2.51. The van der Waals surface area contributed by atoms with Crippen molar-refractivity contribution in [1.82, 2.24) is 20.7 Å². The summed E-state index contributed by atoms with van der Waals surface area (Å²) in [4.78, 5) is 38.9. The third kappa shape index (κ3) is 5.23. The van der Waals surface area contributed by atoms with Crippen LogP contribution in [0.25, 0.3) is 0 Å². The first kappa shape index (κ1) is 21.0. The van der Waals surface area contributed by atoms with E-state index in [-0.39, 0.29) is 18.1 Å². The van der Waals surface area contributed by atoms with E-state index >= 15 is 0 Å². The van der Waals surface area contributed by atoms with Crippen molar-refractivity contribution in [3.63, 3.8) is 0 Å². The molecule has 0 unspecified atom stereocenters. The van der Waals surface area contributed by atoms with Crippen LogP contribution in [-0.2, 0) is 9.59 Å². The quantitative estimate of drug-likeness (QED) is 0.643. The molecule has 0 bridgehead atoms. The minimum Gasteiger partial charge on any atom is -0.492 e. The molecule has 1 saturated heterocycles. The molecule has 0 aromatic heterocycles. The molecule has 1 spiro atoms. The smallest absolute Gasteiger partial charge is 0.344 e. The first-order valence-corrected chi connectivity index (χ1v) is 9.93. The first-order valence-electron chi connectivity index (χ1n) is 9.93. The van der Waals surface area contributed by atoms with Crippen LogP contribution in [-0.4, -0.2) is 60.0 Å². The van der Waals surface area contributed by atoms with Gasteiger partial charge in [-0.3, -0.25) is 15.0 Å². The first-order chi connectivity index (χ1) is 13.9. The highest BCUT2D eigenvalue weighted by Crippen LogP contribution is 2.32. The summed E-state index contributed by atoms with van der Waals surface area (Å²) in [6.45, 7) is 1.39. The molecule has 1 aliphatic carbocycles. The van der Waals surface area contributed by atoms with Gasteiger partial charge in [-0.1, -0.05) is 19.3 Å². The summed E-state index contributed by atoms with van der Waals surface area (Å²) in [5, 5.41) is 3.58. The Kier molecular flexibility index (Phi) is 6.68.